The molecule has 0 spiro atoms. The summed E-state index contributed by atoms with van der Waals surface area (Å²) in [7, 11) is 0. The van der Waals surface area contributed by atoms with Crippen molar-refractivity contribution in [3.63, 3.8) is 0 Å². The summed E-state index contributed by atoms with van der Waals surface area (Å²) in [5.74, 6) is -0.670. The highest BCUT2D eigenvalue weighted by atomic mass is 35.5. The quantitative estimate of drug-likeness (QED) is 0.547. The molecular formula is C20H19ClN4O3S. The fourth-order valence-electron chi connectivity index (χ4n) is 2.81. The van der Waals surface area contributed by atoms with Crippen LogP contribution >= 0.6 is 22.9 Å². The lowest BCUT2D eigenvalue weighted by molar-refractivity contribution is -0.120. The summed E-state index contributed by atoms with van der Waals surface area (Å²) in [4.78, 5) is 39.7. The Morgan fingerprint density at radius 1 is 1.03 bits per heavy atom. The van der Waals surface area contributed by atoms with Gasteiger partial charge in [0.1, 0.15) is 0 Å². The number of carbonyl (C=O) groups is 3. The molecule has 1 unspecified atom stereocenters. The minimum absolute atomic E-state index is 0.0499. The molecule has 0 fully saturated rings. The molecule has 2 aromatic carbocycles. The van der Waals surface area contributed by atoms with E-state index in [4.69, 9.17) is 11.6 Å². The number of anilines is 2. The number of carbonyl (C=O) groups excluding carboxylic acids is 3. The number of fused-ring (bicyclic) bond motifs is 1. The molecule has 9 heteroatoms. The Morgan fingerprint density at radius 2 is 1.76 bits per heavy atom. The van der Waals surface area contributed by atoms with Gasteiger partial charge >= 0.3 is 0 Å². The number of benzene rings is 2. The topological polar surface area (TPSA) is 100 Å². The van der Waals surface area contributed by atoms with Crippen molar-refractivity contribution in [1.29, 1.82) is 0 Å². The Labute approximate surface area is 176 Å². The predicted octanol–water partition coefficient (Wildman–Crippen LogP) is 4.11. The zero-order valence-electron chi connectivity index (χ0n) is 15.8. The van der Waals surface area contributed by atoms with E-state index in [9.17, 15) is 14.4 Å². The number of thiazole rings is 1. The average molecular weight is 431 g/mol. The first kappa shape index (κ1) is 20.8. The molecule has 0 aliphatic rings. The number of aromatic nitrogens is 1. The third-order valence-electron chi connectivity index (χ3n) is 3.99. The van der Waals surface area contributed by atoms with Crippen molar-refractivity contribution in [2.75, 3.05) is 10.6 Å². The average Bonchev–Trinajstić information content (AvgIpc) is 3.02. The summed E-state index contributed by atoms with van der Waals surface area (Å²) < 4.78 is 0.836. The van der Waals surface area contributed by atoms with Gasteiger partial charge in [0.15, 0.2) is 5.13 Å². The van der Waals surface area contributed by atoms with Gasteiger partial charge in [-0.3, -0.25) is 14.4 Å². The third-order valence-corrected chi connectivity index (χ3v) is 5.18. The van der Waals surface area contributed by atoms with E-state index in [1.165, 1.54) is 25.2 Å². The second-order valence-corrected chi connectivity index (χ2v) is 7.91. The molecule has 3 amide bonds. The Kier molecular flexibility index (Phi) is 6.46. The van der Waals surface area contributed by atoms with E-state index in [1.807, 2.05) is 0 Å². The first-order valence-electron chi connectivity index (χ1n) is 8.81. The van der Waals surface area contributed by atoms with Crippen LogP contribution in [0.15, 0.2) is 42.5 Å². The van der Waals surface area contributed by atoms with Crippen LogP contribution in [0.3, 0.4) is 0 Å². The molecule has 0 saturated heterocycles. The van der Waals surface area contributed by atoms with Crippen molar-refractivity contribution >= 4 is 61.7 Å². The van der Waals surface area contributed by atoms with Gasteiger partial charge in [-0.25, -0.2) is 4.98 Å². The molecule has 0 saturated carbocycles. The molecular weight excluding hydrogens is 412 g/mol. The lowest BCUT2D eigenvalue weighted by Gasteiger charge is -2.17. The van der Waals surface area contributed by atoms with Crippen LogP contribution in [0, 0.1) is 0 Å². The van der Waals surface area contributed by atoms with Gasteiger partial charge in [-0.2, -0.15) is 0 Å². The molecule has 0 bridgehead atoms. The summed E-state index contributed by atoms with van der Waals surface area (Å²) in [6.07, 6.45) is 0.0499. The zero-order chi connectivity index (χ0) is 21.0. The molecule has 3 aromatic rings. The first-order chi connectivity index (χ1) is 13.8. The standard InChI is InChI=1S/C20H19ClN4O3S/c1-11(26)22-15-7-8-16-18(9-15)29-20(24-16)25-19(28)10-17(23-12(2)27)13-3-5-14(21)6-4-13/h3-9,17H,10H2,1-2H3,(H,22,26)(H,23,27)(H,24,25,28). The monoisotopic (exact) mass is 430 g/mol. The number of rotatable bonds is 6. The Bertz CT molecular complexity index is 1070. The lowest BCUT2D eigenvalue weighted by atomic mass is 10.0. The van der Waals surface area contributed by atoms with Crippen molar-refractivity contribution in [3.05, 3.63) is 53.1 Å². The summed E-state index contributed by atoms with van der Waals surface area (Å²) in [6.45, 7) is 2.84. The summed E-state index contributed by atoms with van der Waals surface area (Å²) in [5, 5.41) is 9.30. The normalized spacial score (nSPS) is 11.7. The molecule has 0 aliphatic carbocycles. The van der Waals surface area contributed by atoms with E-state index >= 15 is 0 Å². The van der Waals surface area contributed by atoms with E-state index in [1.54, 1.807) is 42.5 Å². The van der Waals surface area contributed by atoms with Crippen molar-refractivity contribution in [3.8, 4) is 0 Å². The smallest absolute Gasteiger partial charge is 0.228 e. The first-order valence-corrected chi connectivity index (χ1v) is 10.00. The summed E-state index contributed by atoms with van der Waals surface area (Å²) >= 11 is 7.22. The maximum absolute atomic E-state index is 12.6. The Morgan fingerprint density at radius 3 is 2.41 bits per heavy atom. The third kappa shape index (κ3) is 5.75. The van der Waals surface area contributed by atoms with E-state index < -0.39 is 6.04 Å². The van der Waals surface area contributed by atoms with Gasteiger partial charge in [0.25, 0.3) is 0 Å². The fraction of sp³-hybridized carbons (Fsp3) is 0.200. The van der Waals surface area contributed by atoms with Crippen LogP contribution in [0.1, 0.15) is 31.9 Å². The molecule has 0 aliphatic heterocycles. The maximum Gasteiger partial charge on any atom is 0.228 e. The van der Waals surface area contributed by atoms with Crippen LogP contribution in [0.4, 0.5) is 10.8 Å². The van der Waals surface area contributed by atoms with Gasteiger partial charge in [-0.15, -0.1) is 0 Å². The molecule has 29 heavy (non-hydrogen) atoms. The van der Waals surface area contributed by atoms with Gasteiger partial charge in [0.05, 0.1) is 22.7 Å². The lowest BCUT2D eigenvalue weighted by Crippen LogP contribution is -2.29. The SMILES string of the molecule is CC(=O)Nc1ccc2nc(NC(=O)CC(NC(C)=O)c3ccc(Cl)cc3)sc2c1. The van der Waals surface area contributed by atoms with E-state index in [0.717, 1.165) is 15.8 Å². The van der Waals surface area contributed by atoms with Crippen molar-refractivity contribution in [2.45, 2.75) is 26.3 Å². The highest BCUT2D eigenvalue weighted by Crippen LogP contribution is 2.29. The van der Waals surface area contributed by atoms with Gasteiger partial charge < -0.3 is 16.0 Å². The Hall–Kier alpha value is -2.97. The summed E-state index contributed by atoms with van der Waals surface area (Å²) in [6, 6.07) is 11.8. The van der Waals surface area contributed by atoms with Gasteiger partial charge in [-0.05, 0) is 35.9 Å². The highest BCUT2D eigenvalue weighted by molar-refractivity contribution is 7.22. The van der Waals surface area contributed by atoms with Crippen molar-refractivity contribution < 1.29 is 14.4 Å². The molecule has 7 nitrogen and oxygen atoms in total. The number of amides is 3. The predicted molar refractivity (Wildman–Crippen MR) is 115 cm³/mol. The van der Waals surface area contributed by atoms with Crippen LogP contribution in [0.25, 0.3) is 10.2 Å². The van der Waals surface area contributed by atoms with E-state index in [-0.39, 0.29) is 24.1 Å². The molecule has 150 valence electrons. The largest absolute Gasteiger partial charge is 0.349 e. The van der Waals surface area contributed by atoms with Crippen molar-refractivity contribution in [1.82, 2.24) is 10.3 Å². The second kappa shape index (κ2) is 9.02. The van der Waals surface area contributed by atoms with E-state index in [0.29, 0.717) is 15.8 Å². The molecule has 1 atom stereocenters. The van der Waals surface area contributed by atoms with Crippen LogP contribution in [-0.2, 0) is 14.4 Å². The number of nitrogens with one attached hydrogen (secondary N) is 3. The highest BCUT2D eigenvalue weighted by Gasteiger charge is 2.18. The second-order valence-electron chi connectivity index (χ2n) is 6.44. The number of hydrogen-bond acceptors (Lipinski definition) is 5. The van der Waals surface area contributed by atoms with Gasteiger partial charge in [0.2, 0.25) is 17.7 Å². The molecule has 3 rings (SSSR count). The van der Waals surface area contributed by atoms with E-state index in [2.05, 4.69) is 20.9 Å². The molecule has 1 heterocycles. The number of nitrogens with zero attached hydrogens (tertiary/aromatic N) is 1. The Balaban J connectivity index is 1.72. The van der Waals surface area contributed by atoms with Gasteiger partial charge in [0, 0.05) is 24.6 Å². The fourth-order valence-corrected chi connectivity index (χ4v) is 3.85. The molecule has 1 aromatic heterocycles. The van der Waals surface area contributed by atoms with Crippen LogP contribution < -0.4 is 16.0 Å². The summed E-state index contributed by atoms with van der Waals surface area (Å²) in [5.41, 5.74) is 2.17. The molecule has 0 radical (unpaired) electrons. The number of hydrogen-bond donors (Lipinski definition) is 3. The minimum atomic E-state index is -0.481. The minimum Gasteiger partial charge on any atom is -0.349 e. The zero-order valence-corrected chi connectivity index (χ0v) is 17.4. The van der Waals surface area contributed by atoms with Gasteiger partial charge in [-0.1, -0.05) is 35.1 Å². The van der Waals surface area contributed by atoms with Crippen LogP contribution in [-0.4, -0.2) is 22.7 Å². The maximum atomic E-state index is 12.6. The van der Waals surface area contributed by atoms with Crippen LogP contribution in [0.2, 0.25) is 5.02 Å². The number of halogens is 1. The molecule has 3 N–H and O–H groups in total. The van der Waals surface area contributed by atoms with Crippen LogP contribution in [0.5, 0.6) is 0 Å². The van der Waals surface area contributed by atoms with Crippen molar-refractivity contribution in [2.24, 2.45) is 0 Å².